The number of nitrogens with zero attached hydrogens (tertiary/aromatic N) is 2. The van der Waals surface area contributed by atoms with E-state index in [1.165, 1.54) is 12.1 Å². The maximum Gasteiger partial charge on any atom is 0.261 e. The van der Waals surface area contributed by atoms with Crippen molar-refractivity contribution in [1.82, 2.24) is 14.9 Å². The molecule has 0 spiro atoms. The molecule has 0 aliphatic heterocycles. The van der Waals surface area contributed by atoms with Crippen LogP contribution in [-0.2, 0) is 23.6 Å². The third-order valence-electron chi connectivity index (χ3n) is 5.44. The standard InChI is InChI=1S/C24H24N4O3S/c1-16-12-13-18(32(30,31)27-20-9-5-4-8-17(20)2)14-19(16)24(29)25-15-23-26-21-10-6-7-11-22(21)28(23)3/h4-14,27H,15H2,1-3H3,(H,25,29). The van der Waals surface area contributed by atoms with E-state index in [9.17, 15) is 13.2 Å². The van der Waals surface area contributed by atoms with Crippen LogP contribution in [0, 0.1) is 13.8 Å². The summed E-state index contributed by atoms with van der Waals surface area (Å²) in [6, 6.07) is 19.4. The van der Waals surface area contributed by atoms with E-state index in [1.54, 1.807) is 25.1 Å². The van der Waals surface area contributed by atoms with Gasteiger partial charge in [0.15, 0.2) is 0 Å². The Hall–Kier alpha value is -3.65. The number of para-hydroxylation sites is 3. The number of hydrogen-bond acceptors (Lipinski definition) is 4. The van der Waals surface area contributed by atoms with Crippen LogP contribution in [-0.4, -0.2) is 23.9 Å². The molecule has 0 radical (unpaired) electrons. The minimum atomic E-state index is -3.85. The van der Waals surface area contributed by atoms with Crippen molar-refractivity contribution in [3.63, 3.8) is 0 Å². The highest BCUT2D eigenvalue weighted by molar-refractivity contribution is 7.92. The van der Waals surface area contributed by atoms with Crippen LogP contribution in [0.15, 0.2) is 71.6 Å². The Balaban J connectivity index is 1.56. The Bertz CT molecular complexity index is 1420. The van der Waals surface area contributed by atoms with Gasteiger partial charge in [-0.15, -0.1) is 0 Å². The highest BCUT2D eigenvalue weighted by Gasteiger charge is 2.19. The summed E-state index contributed by atoms with van der Waals surface area (Å²) in [5, 5.41) is 2.86. The lowest BCUT2D eigenvalue weighted by atomic mass is 10.1. The first kappa shape index (κ1) is 21.6. The third kappa shape index (κ3) is 4.22. The fraction of sp³-hybridized carbons (Fsp3) is 0.167. The van der Waals surface area contributed by atoms with Gasteiger partial charge in [-0.25, -0.2) is 13.4 Å². The topological polar surface area (TPSA) is 93.1 Å². The quantitative estimate of drug-likeness (QED) is 0.468. The number of sulfonamides is 1. The number of imidazole rings is 1. The molecule has 8 heteroatoms. The van der Waals surface area contributed by atoms with Crippen molar-refractivity contribution in [3.8, 4) is 0 Å². The number of hydrogen-bond donors (Lipinski definition) is 2. The summed E-state index contributed by atoms with van der Waals surface area (Å²) in [5.41, 5.74) is 4.12. The third-order valence-corrected chi connectivity index (χ3v) is 6.80. The van der Waals surface area contributed by atoms with Gasteiger partial charge in [-0.2, -0.15) is 0 Å². The van der Waals surface area contributed by atoms with Crippen molar-refractivity contribution in [2.45, 2.75) is 25.3 Å². The van der Waals surface area contributed by atoms with Gasteiger partial charge in [0.2, 0.25) is 0 Å². The molecule has 0 bridgehead atoms. The number of fused-ring (bicyclic) bond motifs is 1. The number of anilines is 1. The molecule has 2 N–H and O–H groups in total. The summed E-state index contributed by atoms with van der Waals surface area (Å²) in [6.07, 6.45) is 0. The van der Waals surface area contributed by atoms with Gasteiger partial charge < -0.3 is 9.88 Å². The molecular formula is C24H24N4O3S. The Kier molecular flexibility index (Phi) is 5.71. The SMILES string of the molecule is Cc1ccccc1NS(=O)(=O)c1ccc(C)c(C(=O)NCc2nc3ccccc3n2C)c1. The molecule has 0 saturated carbocycles. The highest BCUT2D eigenvalue weighted by atomic mass is 32.2. The molecule has 0 aliphatic carbocycles. The monoisotopic (exact) mass is 448 g/mol. The molecule has 1 aromatic heterocycles. The zero-order chi connectivity index (χ0) is 22.9. The van der Waals surface area contributed by atoms with E-state index in [-0.39, 0.29) is 17.3 Å². The Labute approximate surface area is 187 Å². The maximum absolute atomic E-state index is 12.9. The fourth-order valence-electron chi connectivity index (χ4n) is 3.51. The molecule has 0 aliphatic rings. The number of aryl methyl sites for hydroxylation is 3. The average molecular weight is 449 g/mol. The summed E-state index contributed by atoms with van der Waals surface area (Å²) < 4.78 is 30.3. The minimum absolute atomic E-state index is 0.0271. The van der Waals surface area contributed by atoms with Gasteiger partial charge in [-0.1, -0.05) is 36.4 Å². The minimum Gasteiger partial charge on any atom is -0.345 e. The first-order valence-electron chi connectivity index (χ1n) is 10.1. The van der Waals surface area contributed by atoms with Crippen LogP contribution in [0.5, 0.6) is 0 Å². The summed E-state index contributed by atoms with van der Waals surface area (Å²) in [6.45, 7) is 3.82. The number of carbonyl (C=O) groups excluding carboxylic acids is 1. The summed E-state index contributed by atoms with van der Waals surface area (Å²) in [5.74, 6) is 0.352. The van der Waals surface area contributed by atoms with Gasteiger partial charge in [-0.05, 0) is 55.3 Å². The molecule has 3 aromatic carbocycles. The number of benzene rings is 3. The number of nitrogens with one attached hydrogen (secondary N) is 2. The van der Waals surface area contributed by atoms with Gasteiger partial charge in [0.05, 0.1) is 28.2 Å². The molecule has 4 rings (SSSR count). The van der Waals surface area contributed by atoms with Crippen LogP contribution in [0.1, 0.15) is 27.3 Å². The molecule has 164 valence electrons. The van der Waals surface area contributed by atoms with E-state index in [1.807, 2.05) is 54.9 Å². The lowest BCUT2D eigenvalue weighted by Crippen LogP contribution is -2.25. The second-order valence-electron chi connectivity index (χ2n) is 7.66. The summed E-state index contributed by atoms with van der Waals surface area (Å²) >= 11 is 0. The number of rotatable bonds is 6. The summed E-state index contributed by atoms with van der Waals surface area (Å²) in [7, 11) is -1.95. The normalized spacial score (nSPS) is 11.5. The van der Waals surface area contributed by atoms with Crippen molar-refractivity contribution < 1.29 is 13.2 Å². The fourth-order valence-corrected chi connectivity index (χ4v) is 4.67. The molecule has 0 saturated heterocycles. The molecule has 0 fully saturated rings. The van der Waals surface area contributed by atoms with Crippen molar-refractivity contribution in [3.05, 3.63) is 89.2 Å². The Morgan fingerprint density at radius 1 is 0.969 bits per heavy atom. The van der Waals surface area contributed by atoms with E-state index in [2.05, 4.69) is 15.0 Å². The van der Waals surface area contributed by atoms with Crippen LogP contribution >= 0.6 is 0 Å². The summed E-state index contributed by atoms with van der Waals surface area (Å²) in [4.78, 5) is 17.5. The lowest BCUT2D eigenvalue weighted by molar-refractivity contribution is 0.0949. The van der Waals surface area contributed by atoms with Crippen LogP contribution in [0.4, 0.5) is 5.69 Å². The number of aromatic nitrogens is 2. The van der Waals surface area contributed by atoms with Crippen LogP contribution in [0.2, 0.25) is 0 Å². The smallest absolute Gasteiger partial charge is 0.261 e. The van der Waals surface area contributed by atoms with Crippen LogP contribution < -0.4 is 10.0 Å². The van der Waals surface area contributed by atoms with E-state index < -0.39 is 10.0 Å². The first-order valence-corrected chi connectivity index (χ1v) is 11.6. The van der Waals surface area contributed by atoms with Crippen LogP contribution in [0.25, 0.3) is 11.0 Å². The molecule has 7 nitrogen and oxygen atoms in total. The Morgan fingerprint density at radius 3 is 2.44 bits per heavy atom. The Morgan fingerprint density at radius 2 is 1.69 bits per heavy atom. The van der Waals surface area contributed by atoms with E-state index >= 15 is 0 Å². The van der Waals surface area contributed by atoms with Gasteiger partial charge in [0.25, 0.3) is 15.9 Å². The largest absolute Gasteiger partial charge is 0.345 e. The first-order chi connectivity index (χ1) is 15.3. The van der Waals surface area contributed by atoms with E-state index in [0.717, 1.165) is 16.6 Å². The molecule has 0 unspecified atom stereocenters. The van der Waals surface area contributed by atoms with Gasteiger partial charge in [0, 0.05) is 12.6 Å². The zero-order valence-corrected chi connectivity index (χ0v) is 18.9. The molecular weight excluding hydrogens is 424 g/mol. The number of carbonyl (C=O) groups is 1. The number of amides is 1. The second-order valence-corrected chi connectivity index (χ2v) is 9.34. The van der Waals surface area contributed by atoms with Crippen molar-refractivity contribution in [1.29, 1.82) is 0 Å². The van der Waals surface area contributed by atoms with Crippen molar-refractivity contribution in [2.75, 3.05) is 4.72 Å². The molecule has 1 amide bonds. The second kappa shape index (κ2) is 8.47. The lowest BCUT2D eigenvalue weighted by Gasteiger charge is -2.13. The van der Waals surface area contributed by atoms with Gasteiger partial charge in [0.1, 0.15) is 5.82 Å². The molecule has 4 aromatic rings. The molecule has 0 atom stereocenters. The van der Waals surface area contributed by atoms with E-state index in [4.69, 9.17) is 0 Å². The molecule has 32 heavy (non-hydrogen) atoms. The van der Waals surface area contributed by atoms with Gasteiger partial charge >= 0.3 is 0 Å². The maximum atomic E-state index is 12.9. The predicted molar refractivity (Wildman–Crippen MR) is 125 cm³/mol. The van der Waals surface area contributed by atoms with Crippen molar-refractivity contribution in [2.24, 2.45) is 7.05 Å². The molecule has 1 heterocycles. The predicted octanol–water partition coefficient (Wildman–Crippen LogP) is 3.92. The zero-order valence-electron chi connectivity index (χ0n) is 18.1. The van der Waals surface area contributed by atoms with Crippen LogP contribution in [0.3, 0.4) is 0 Å². The average Bonchev–Trinajstić information content (AvgIpc) is 3.09. The van der Waals surface area contributed by atoms with Crippen molar-refractivity contribution >= 4 is 32.7 Å². The van der Waals surface area contributed by atoms with E-state index in [0.29, 0.717) is 22.6 Å². The van der Waals surface area contributed by atoms with Gasteiger partial charge in [-0.3, -0.25) is 9.52 Å². The highest BCUT2D eigenvalue weighted by Crippen LogP contribution is 2.22.